The molecular weight excluding hydrogens is 346 g/mol. The van der Waals surface area contributed by atoms with Gasteiger partial charge in [0.25, 0.3) is 0 Å². The van der Waals surface area contributed by atoms with Crippen molar-refractivity contribution < 1.29 is 9.59 Å². The van der Waals surface area contributed by atoms with E-state index < -0.39 is 5.25 Å². The summed E-state index contributed by atoms with van der Waals surface area (Å²) in [7, 11) is 0. The third kappa shape index (κ3) is 4.52. The number of amidine groups is 1. The number of aryl methyl sites for hydroxylation is 3. The molecule has 2 aromatic carbocycles. The molecule has 1 aliphatic rings. The van der Waals surface area contributed by atoms with Crippen LogP contribution >= 0.6 is 11.8 Å². The maximum Gasteiger partial charge on any atom is 0.240 e. The summed E-state index contributed by atoms with van der Waals surface area (Å²) in [6.07, 6.45) is 0.108. The molecule has 2 N–H and O–H groups in total. The molecule has 0 unspecified atom stereocenters. The van der Waals surface area contributed by atoms with E-state index >= 15 is 0 Å². The van der Waals surface area contributed by atoms with Gasteiger partial charge in [0.15, 0.2) is 5.17 Å². The molecule has 0 spiro atoms. The van der Waals surface area contributed by atoms with E-state index in [-0.39, 0.29) is 18.2 Å². The van der Waals surface area contributed by atoms with E-state index in [1.54, 1.807) is 0 Å². The first-order valence-electron chi connectivity index (χ1n) is 8.41. The lowest BCUT2D eigenvalue weighted by atomic mass is 10.1. The molecule has 1 atom stereocenters. The highest BCUT2D eigenvalue weighted by Crippen LogP contribution is 2.26. The van der Waals surface area contributed by atoms with Gasteiger partial charge in [0.2, 0.25) is 11.8 Å². The van der Waals surface area contributed by atoms with Gasteiger partial charge in [0, 0.05) is 12.1 Å². The van der Waals surface area contributed by atoms with E-state index in [1.807, 2.05) is 63.2 Å². The van der Waals surface area contributed by atoms with Crippen LogP contribution < -0.4 is 10.6 Å². The molecule has 0 bridgehead atoms. The van der Waals surface area contributed by atoms with Gasteiger partial charge in [-0.1, -0.05) is 41.6 Å². The van der Waals surface area contributed by atoms with Crippen molar-refractivity contribution in [2.24, 2.45) is 4.99 Å². The molecule has 1 saturated heterocycles. The zero-order valence-electron chi connectivity index (χ0n) is 15.0. The minimum absolute atomic E-state index is 0.108. The van der Waals surface area contributed by atoms with Crippen molar-refractivity contribution in [3.8, 4) is 0 Å². The first-order chi connectivity index (χ1) is 12.4. The summed E-state index contributed by atoms with van der Waals surface area (Å²) in [5, 5.41) is 5.70. The molecule has 3 rings (SSSR count). The second-order valence-corrected chi connectivity index (χ2v) is 7.61. The maximum atomic E-state index is 12.3. The average molecular weight is 367 g/mol. The highest BCUT2D eigenvalue weighted by Gasteiger charge is 2.32. The Morgan fingerprint density at radius 2 is 1.92 bits per heavy atom. The van der Waals surface area contributed by atoms with Gasteiger partial charge in [-0.05, 0) is 50.1 Å². The molecule has 1 heterocycles. The lowest BCUT2D eigenvalue weighted by Gasteiger charge is -2.10. The summed E-state index contributed by atoms with van der Waals surface area (Å²) >= 11 is 1.29. The highest BCUT2D eigenvalue weighted by molar-refractivity contribution is 8.15. The molecule has 26 heavy (non-hydrogen) atoms. The van der Waals surface area contributed by atoms with E-state index in [9.17, 15) is 9.59 Å². The second-order valence-electron chi connectivity index (χ2n) is 6.42. The van der Waals surface area contributed by atoms with Crippen molar-refractivity contribution in [2.45, 2.75) is 32.4 Å². The molecule has 6 heteroatoms. The van der Waals surface area contributed by atoms with Crippen molar-refractivity contribution in [1.82, 2.24) is 5.32 Å². The minimum Gasteiger partial charge on any atom is -0.326 e. The number of thioether (sulfide) groups is 1. The number of nitrogens with one attached hydrogen (secondary N) is 2. The van der Waals surface area contributed by atoms with Crippen molar-refractivity contribution >= 4 is 40.1 Å². The molecule has 0 aliphatic carbocycles. The fourth-order valence-electron chi connectivity index (χ4n) is 2.73. The van der Waals surface area contributed by atoms with Crippen LogP contribution in [-0.2, 0) is 9.59 Å². The number of hydrogen-bond acceptors (Lipinski definition) is 4. The standard InChI is InChI=1S/C20H21N3O2S/c1-12-5-4-6-15(10-12)21-20-23-19(25)17(26-20)11-18(24)22-16-8-7-13(2)9-14(16)3/h4-10,17H,11H2,1-3H3,(H,22,24)(H,21,23,25)/t17-/m1/s1. The number of benzene rings is 2. The van der Waals surface area contributed by atoms with E-state index in [0.29, 0.717) is 5.17 Å². The third-order valence-electron chi connectivity index (χ3n) is 4.04. The highest BCUT2D eigenvalue weighted by atomic mass is 32.2. The van der Waals surface area contributed by atoms with Gasteiger partial charge >= 0.3 is 0 Å². The predicted molar refractivity (Wildman–Crippen MR) is 107 cm³/mol. The summed E-state index contributed by atoms with van der Waals surface area (Å²) < 4.78 is 0. The van der Waals surface area contributed by atoms with Crippen LogP contribution in [0.1, 0.15) is 23.1 Å². The quantitative estimate of drug-likeness (QED) is 0.862. The smallest absolute Gasteiger partial charge is 0.240 e. The summed E-state index contributed by atoms with van der Waals surface area (Å²) in [4.78, 5) is 28.9. The zero-order chi connectivity index (χ0) is 18.7. The van der Waals surface area contributed by atoms with Crippen molar-refractivity contribution in [3.63, 3.8) is 0 Å². The molecule has 2 aromatic rings. The number of carbonyl (C=O) groups is 2. The van der Waals surface area contributed by atoms with Crippen molar-refractivity contribution in [2.75, 3.05) is 5.32 Å². The van der Waals surface area contributed by atoms with Crippen molar-refractivity contribution in [1.29, 1.82) is 0 Å². The molecular formula is C20H21N3O2S. The fourth-order valence-corrected chi connectivity index (χ4v) is 3.72. The summed E-state index contributed by atoms with van der Waals surface area (Å²) in [6.45, 7) is 5.95. The Balaban J connectivity index is 1.63. The first kappa shape index (κ1) is 18.2. The van der Waals surface area contributed by atoms with Gasteiger partial charge in [0.1, 0.15) is 5.25 Å². The van der Waals surface area contributed by atoms with E-state index in [2.05, 4.69) is 15.6 Å². The number of aliphatic imine (C=N–C) groups is 1. The van der Waals surface area contributed by atoms with Crippen LogP contribution in [0.5, 0.6) is 0 Å². The molecule has 0 radical (unpaired) electrons. The van der Waals surface area contributed by atoms with Gasteiger partial charge in [-0.2, -0.15) is 0 Å². The second kappa shape index (κ2) is 7.74. The Bertz CT molecular complexity index is 892. The molecule has 2 amide bonds. The number of hydrogen-bond donors (Lipinski definition) is 2. The summed E-state index contributed by atoms with van der Waals surface area (Å²) in [5.74, 6) is -0.362. The number of anilines is 1. The zero-order valence-corrected chi connectivity index (χ0v) is 15.8. The Kier molecular flexibility index (Phi) is 5.42. The van der Waals surface area contributed by atoms with Crippen LogP contribution in [0.15, 0.2) is 47.5 Å². The number of carbonyl (C=O) groups excluding carboxylic acids is 2. The number of nitrogens with zero attached hydrogens (tertiary/aromatic N) is 1. The van der Waals surface area contributed by atoms with Crippen LogP contribution in [0.4, 0.5) is 11.4 Å². The Hall–Kier alpha value is -2.60. The van der Waals surface area contributed by atoms with Crippen LogP contribution in [0.2, 0.25) is 0 Å². The van der Waals surface area contributed by atoms with E-state index in [1.165, 1.54) is 11.8 Å². The predicted octanol–water partition coefficient (Wildman–Crippen LogP) is 3.86. The summed E-state index contributed by atoms with van der Waals surface area (Å²) in [6, 6.07) is 13.6. The molecule has 0 saturated carbocycles. The maximum absolute atomic E-state index is 12.3. The molecule has 1 aliphatic heterocycles. The molecule has 5 nitrogen and oxygen atoms in total. The Labute approximate surface area is 157 Å². The van der Waals surface area contributed by atoms with Gasteiger partial charge in [0.05, 0.1) is 5.69 Å². The van der Waals surface area contributed by atoms with Crippen molar-refractivity contribution in [3.05, 3.63) is 59.2 Å². The van der Waals surface area contributed by atoms with Gasteiger partial charge in [-0.25, -0.2) is 4.99 Å². The van der Waals surface area contributed by atoms with E-state index in [0.717, 1.165) is 28.1 Å². The Morgan fingerprint density at radius 3 is 2.65 bits per heavy atom. The first-order valence-corrected chi connectivity index (χ1v) is 9.28. The average Bonchev–Trinajstić information content (AvgIpc) is 2.89. The van der Waals surface area contributed by atoms with Crippen LogP contribution in [0.25, 0.3) is 0 Å². The van der Waals surface area contributed by atoms with E-state index in [4.69, 9.17) is 0 Å². The third-order valence-corrected chi connectivity index (χ3v) is 5.12. The monoisotopic (exact) mass is 367 g/mol. The largest absolute Gasteiger partial charge is 0.326 e. The number of rotatable bonds is 4. The summed E-state index contributed by atoms with van der Waals surface area (Å²) in [5.41, 5.74) is 4.81. The lowest BCUT2D eigenvalue weighted by molar-refractivity contribution is -0.122. The molecule has 1 fully saturated rings. The minimum atomic E-state index is -0.468. The van der Waals surface area contributed by atoms with Gasteiger partial charge in [-0.15, -0.1) is 0 Å². The molecule has 134 valence electrons. The van der Waals surface area contributed by atoms with Crippen LogP contribution in [-0.4, -0.2) is 22.2 Å². The number of amides is 2. The van der Waals surface area contributed by atoms with Crippen LogP contribution in [0.3, 0.4) is 0 Å². The lowest BCUT2D eigenvalue weighted by Crippen LogP contribution is -2.28. The van der Waals surface area contributed by atoms with Crippen LogP contribution in [0, 0.1) is 20.8 Å². The fraction of sp³-hybridized carbons (Fsp3) is 0.250. The Morgan fingerprint density at radius 1 is 1.15 bits per heavy atom. The van der Waals surface area contributed by atoms with Gasteiger partial charge in [-0.3, -0.25) is 9.59 Å². The normalized spacial score (nSPS) is 18.0. The van der Waals surface area contributed by atoms with Gasteiger partial charge < -0.3 is 10.6 Å². The topological polar surface area (TPSA) is 70.6 Å². The molecule has 0 aromatic heterocycles. The SMILES string of the molecule is Cc1cccc(N=C2NC(=O)[C@@H](CC(=O)Nc3ccc(C)cc3C)S2)c1.